The Morgan fingerprint density at radius 2 is 1.90 bits per heavy atom. The van der Waals surface area contributed by atoms with E-state index >= 15 is 0 Å². The molecule has 1 aromatic carbocycles. The maximum atomic E-state index is 5.65. The van der Waals surface area contributed by atoms with Gasteiger partial charge in [0.2, 0.25) is 0 Å². The Hall–Kier alpha value is -1.44. The fraction of sp³-hybridized carbons (Fsp3) is 0.278. The molecule has 0 atom stereocenters. The van der Waals surface area contributed by atoms with Crippen molar-refractivity contribution in [3.05, 3.63) is 53.9 Å². The van der Waals surface area contributed by atoms with E-state index in [0.717, 1.165) is 28.0 Å². The van der Waals surface area contributed by atoms with Crippen LogP contribution < -0.4 is 0 Å². The first-order valence-electron chi connectivity index (χ1n) is 6.83. The van der Waals surface area contributed by atoms with E-state index in [-0.39, 0.29) is 25.5 Å². The molecule has 0 aliphatic carbocycles. The zero-order valence-electron chi connectivity index (χ0n) is 12.7. The number of hydrogen-bond acceptors (Lipinski definition) is 2. The zero-order valence-corrected chi connectivity index (χ0v) is 15.0. The van der Waals surface area contributed by atoms with Crippen molar-refractivity contribution in [2.24, 2.45) is 0 Å². The molecule has 2 aromatic heterocycles. The number of nitrogens with zero attached hydrogens (tertiary/aromatic N) is 1. The van der Waals surface area contributed by atoms with Crippen molar-refractivity contribution in [1.29, 1.82) is 0 Å². The van der Waals surface area contributed by atoms with E-state index in [1.54, 1.807) is 6.20 Å². The first kappa shape index (κ1) is 15.9. The third-order valence-corrected chi connectivity index (χ3v) is 3.50. The SMILES string of the molecule is Cc1cc2c(-c3[c-]cc(C(C)(C)C)cc3)nccc2o1.[Ir]. The monoisotopic (exact) mass is 457 g/mol. The molecule has 0 bridgehead atoms. The first-order valence-corrected chi connectivity index (χ1v) is 6.83. The average molecular weight is 457 g/mol. The molecule has 0 N–H and O–H groups in total. The Kier molecular flexibility index (Phi) is 4.36. The molecule has 0 saturated carbocycles. The second kappa shape index (κ2) is 5.75. The number of rotatable bonds is 1. The Balaban J connectivity index is 0.00000161. The van der Waals surface area contributed by atoms with Crippen LogP contribution in [-0.4, -0.2) is 4.98 Å². The minimum Gasteiger partial charge on any atom is -0.462 e. The number of fused-ring (bicyclic) bond motifs is 1. The summed E-state index contributed by atoms with van der Waals surface area (Å²) in [5, 5.41) is 1.05. The topological polar surface area (TPSA) is 26.0 Å². The van der Waals surface area contributed by atoms with Gasteiger partial charge in [0.15, 0.2) is 0 Å². The van der Waals surface area contributed by atoms with Gasteiger partial charge in [-0.3, -0.25) is 0 Å². The van der Waals surface area contributed by atoms with E-state index in [9.17, 15) is 0 Å². The van der Waals surface area contributed by atoms with Gasteiger partial charge >= 0.3 is 0 Å². The van der Waals surface area contributed by atoms with E-state index in [2.05, 4.69) is 50.0 Å². The van der Waals surface area contributed by atoms with E-state index in [1.807, 2.05) is 19.1 Å². The van der Waals surface area contributed by atoms with E-state index < -0.39 is 0 Å². The van der Waals surface area contributed by atoms with Gasteiger partial charge in [-0.15, -0.1) is 35.4 Å². The van der Waals surface area contributed by atoms with Gasteiger partial charge in [-0.25, -0.2) is 0 Å². The van der Waals surface area contributed by atoms with Gasteiger partial charge in [0, 0.05) is 31.7 Å². The fourth-order valence-corrected chi connectivity index (χ4v) is 2.34. The van der Waals surface area contributed by atoms with Crippen molar-refractivity contribution in [2.75, 3.05) is 0 Å². The normalized spacial score (nSPS) is 11.4. The van der Waals surface area contributed by atoms with Crippen LogP contribution in [0.1, 0.15) is 32.1 Å². The summed E-state index contributed by atoms with van der Waals surface area (Å²) in [4.78, 5) is 4.49. The van der Waals surface area contributed by atoms with Crippen molar-refractivity contribution in [2.45, 2.75) is 33.1 Å². The van der Waals surface area contributed by atoms with Crippen LogP contribution in [0, 0.1) is 13.0 Å². The van der Waals surface area contributed by atoms with Crippen LogP contribution in [0.4, 0.5) is 0 Å². The third kappa shape index (κ3) is 3.09. The predicted octanol–water partition coefficient (Wildman–Crippen LogP) is 4.90. The number of aryl methyl sites for hydroxylation is 1. The summed E-state index contributed by atoms with van der Waals surface area (Å²) in [6, 6.07) is 13.6. The molecule has 1 radical (unpaired) electrons. The third-order valence-electron chi connectivity index (χ3n) is 3.50. The largest absolute Gasteiger partial charge is 0.462 e. The first-order chi connectivity index (χ1) is 9.45. The molecule has 0 aliphatic heterocycles. The summed E-state index contributed by atoms with van der Waals surface area (Å²) in [7, 11) is 0. The van der Waals surface area contributed by atoms with Crippen molar-refractivity contribution in [3.63, 3.8) is 0 Å². The Morgan fingerprint density at radius 1 is 1.14 bits per heavy atom. The van der Waals surface area contributed by atoms with Gasteiger partial charge in [-0.2, -0.15) is 0 Å². The second-order valence-corrected chi connectivity index (χ2v) is 6.17. The predicted molar refractivity (Wildman–Crippen MR) is 81.7 cm³/mol. The molecule has 21 heavy (non-hydrogen) atoms. The molecule has 0 saturated heterocycles. The maximum Gasteiger partial charge on any atom is 0.128 e. The van der Waals surface area contributed by atoms with E-state index in [4.69, 9.17) is 4.42 Å². The molecule has 0 fully saturated rings. The summed E-state index contributed by atoms with van der Waals surface area (Å²) in [6.45, 7) is 8.56. The molecule has 2 heterocycles. The van der Waals surface area contributed by atoms with Gasteiger partial charge in [0.1, 0.15) is 11.3 Å². The smallest absolute Gasteiger partial charge is 0.128 e. The molecule has 3 rings (SSSR count). The van der Waals surface area contributed by atoms with Gasteiger partial charge in [0.25, 0.3) is 0 Å². The number of furan rings is 1. The zero-order chi connectivity index (χ0) is 14.3. The van der Waals surface area contributed by atoms with Crippen LogP contribution in [0.15, 0.2) is 40.9 Å². The number of pyridine rings is 1. The van der Waals surface area contributed by atoms with Gasteiger partial charge in [-0.05, 0) is 30.2 Å². The molecule has 0 unspecified atom stereocenters. The van der Waals surface area contributed by atoms with E-state index in [1.165, 1.54) is 5.56 Å². The van der Waals surface area contributed by atoms with Gasteiger partial charge in [0.05, 0.1) is 0 Å². The molecule has 0 amide bonds. The quantitative estimate of drug-likeness (QED) is 0.487. The Labute approximate surface area is 138 Å². The van der Waals surface area contributed by atoms with Crippen molar-refractivity contribution >= 4 is 11.0 Å². The standard InChI is InChI=1S/C18H18NO.Ir/c1-12-11-15-16(20-12)9-10-19-17(15)13-5-7-14(8-6-13)18(2,3)4;/h5,7-11H,1-4H3;/q-1;. The van der Waals surface area contributed by atoms with Crippen LogP contribution in [0.3, 0.4) is 0 Å². The summed E-state index contributed by atoms with van der Waals surface area (Å²) < 4.78 is 5.65. The Morgan fingerprint density at radius 3 is 2.52 bits per heavy atom. The van der Waals surface area contributed by atoms with Crippen molar-refractivity contribution in [3.8, 4) is 11.3 Å². The Bertz CT molecular complexity index is 751. The summed E-state index contributed by atoms with van der Waals surface area (Å²) in [5.41, 5.74) is 4.22. The van der Waals surface area contributed by atoms with Crippen LogP contribution in [0.2, 0.25) is 0 Å². The van der Waals surface area contributed by atoms with Crippen molar-refractivity contribution in [1.82, 2.24) is 4.98 Å². The molecule has 3 aromatic rings. The van der Waals surface area contributed by atoms with Crippen LogP contribution >= 0.6 is 0 Å². The molecule has 0 aliphatic rings. The number of aromatic nitrogens is 1. The van der Waals surface area contributed by atoms with Crippen LogP contribution in [0.25, 0.3) is 22.2 Å². The molecule has 3 heteroatoms. The molecular formula is C18H18IrNO-. The molecular weight excluding hydrogens is 438 g/mol. The average Bonchev–Trinajstić information content (AvgIpc) is 2.78. The van der Waals surface area contributed by atoms with Gasteiger partial charge in [-0.1, -0.05) is 20.8 Å². The van der Waals surface area contributed by atoms with E-state index in [0.29, 0.717) is 0 Å². The van der Waals surface area contributed by atoms with Crippen LogP contribution in [0.5, 0.6) is 0 Å². The minimum atomic E-state index is 0. The molecule has 2 nitrogen and oxygen atoms in total. The fourth-order valence-electron chi connectivity index (χ4n) is 2.34. The number of hydrogen-bond donors (Lipinski definition) is 0. The number of benzene rings is 1. The van der Waals surface area contributed by atoms with Crippen LogP contribution in [-0.2, 0) is 25.5 Å². The van der Waals surface area contributed by atoms with Crippen molar-refractivity contribution < 1.29 is 24.5 Å². The summed E-state index contributed by atoms with van der Waals surface area (Å²) >= 11 is 0. The second-order valence-electron chi connectivity index (χ2n) is 6.17. The molecule has 0 spiro atoms. The molecule has 111 valence electrons. The summed E-state index contributed by atoms with van der Waals surface area (Å²) in [6.07, 6.45) is 1.78. The maximum absolute atomic E-state index is 5.65. The minimum absolute atomic E-state index is 0. The van der Waals surface area contributed by atoms with Gasteiger partial charge < -0.3 is 9.40 Å². The summed E-state index contributed by atoms with van der Waals surface area (Å²) in [5.74, 6) is 0.903.